The van der Waals surface area contributed by atoms with Crippen LogP contribution >= 0.6 is 15.9 Å². The van der Waals surface area contributed by atoms with Crippen LogP contribution in [0.4, 0.5) is 11.4 Å². The fraction of sp³-hybridized carbons (Fsp3) is 0.0833. The first kappa shape index (κ1) is 13.3. The Labute approximate surface area is 117 Å². The molecule has 0 saturated carbocycles. The van der Waals surface area contributed by atoms with Crippen molar-refractivity contribution in [1.29, 1.82) is 0 Å². The van der Waals surface area contributed by atoms with E-state index in [0.717, 1.165) is 5.56 Å². The maximum Gasteiger partial charge on any atom is 0.312 e. The molecule has 0 atom stereocenters. The summed E-state index contributed by atoms with van der Waals surface area (Å²) in [6, 6.07) is 6.24. The molecule has 7 heteroatoms. The number of nitro benzene ring substituents is 1. The van der Waals surface area contributed by atoms with Crippen LogP contribution in [0.1, 0.15) is 5.56 Å². The Balaban J connectivity index is 2.44. The summed E-state index contributed by atoms with van der Waals surface area (Å²) in [4.78, 5) is 14.4. The SMILES string of the molecule is Cc1ccnc(Oc2ccc(Br)cc2[N+](=O)[O-])c1N. The van der Waals surface area contributed by atoms with Crippen LogP contribution in [0.2, 0.25) is 0 Å². The van der Waals surface area contributed by atoms with E-state index in [1.54, 1.807) is 19.1 Å². The summed E-state index contributed by atoms with van der Waals surface area (Å²) in [6.45, 7) is 1.81. The number of nitrogen functional groups attached to an aromatic ring is 1. The molecular weight excluding hydrogens is 314 g/mol. The van der Waals surface area contributed by atoms with Crippen LogP contribution in [0.5, 0.6) is 11.6 Å². The van der Waals surface area contributed by atoms with Crippen molar-refractivity contribution in [2.75, 3.05) is 5.73 Å². The number of hydrogen-bond donors (Lipinski definition) is 1. The summed E-state index contributed by atoms with van der Waals surface area (Å²) in [5, 5.41) is 11.0. The lowest BCUT2D eigenvalue weighted by molar-refractivity contribution is -0.385. The van der Waals surface area contributed by atoms with Crippen LogP contribution in [-0.4, -0.2) is 9.91 Å². The van der Waals surface area contributed by atoms with Gasteiger partial charge in [-0.1, -0.05) is 15.9 Å². The number of nitrogens with zero attached hydrogens (tertiary/aromatic N) is 2. The van der Waals surface area contributed by atoms with Crippen LogP contribution in [0.3, 0.4) is 0 Å². The van der Waals surface area contributed by atoms with Crippen molar-refractivity contribution in [1.82, 2.24) is 4.98 Å². The lowest BCUT2D eigenvalue weighted by Crippen LogP contribution is -1.99. The molecule has 0 saturated heterocycles. The molecule has 6 nitrogen and oxygen atoms in total. The molecule has 0 spiro atoms. The number of halogens is 1. The van der Waals surface area contributed by atoms with E-state index in [-0.39, 0.29) is 17.3 Å². The van der Waals surface area contributed by atoms with Gasteiger partial charge in [0.25, 0.3) is 0 Å². The molecule has 19 heavy (non-hydrogen) atoms. The number of nitro groups is 1. The quantitative estimate of drug-likeness (QED) is 0.690. The summed E-state index contributed by atoms with van der Waals surface area (Å²) < 4.78 is 6.03. The van der Waals surface area contributed by atoms with Crippen molar-refractivity contribution in [2.24, 2.45) is 0 Å². The van der Waals surface area contributed by atoms with Gasteiger partial charge in [-0.3, -0.25) is 10.1 Å². The van der Waals surface area contributed by atoms with Gasteiger partial charge in [0.05, 0.1) is 10.6 Å². The third kappa shape index (κ3) is 2.82. The number of pyridine rings is 1. The van der Waals surface area contributed by atoms with Gasteiger partial charge in [-0.05, 0) is 30.7 Å². The number of hydrogen-bond acceptors (Lipinski definition) is 5. The second-order valence-electron chi connectivity index (χ2n) is 3.82. The van der Waals surface area contributed by atoms with Gasteiger partial charge in [0, 0.05) is 16.7 Å². The molecule has 0 fully saturated rings. The molecule has 1 aromatic carbocycles. The highest BCUT2D eigenvalue weighted by Gasteiger charge is 2.18. The molecule has 0 amide bonds. The van der Waals surface area contributed by atoms with E-state index in [1.807, 2.05) is 0 Å². The van der Waals surface area contributed by atoms with Gasteiger partial charge in [-0.2, -0.15) is 0 Å². The molecule has 0 aliphatic heterocycles. The molecule has 98 valence electrons. The van der Waals surface area contributed by atoms with E-state index in [9.17, 15) is 10.1 Å². The fourth-order valence-corrected chi connectivity index (χ4v) is 1.80. The Kier molecular flexibility index (Phi) is 3.66. The average Bonchev–Trinajstić information content (AvgIpc) is 2.36. The highest BCUT2D eigenvalue weighted by molar-refractivity contribution is 9.10. The van der Waals surface area contributed by atoms with Gasteiger partial charge in [-0.15, -0.1) is 0 Å². The van der Waals surface area contributed by atoms with Crippen LogP contribution in [0.25, 0.3) is 0 Å². The van der Waals surface area contributed by atoms with Crippen molar-refractivity contribution >= 4 is 27.3 Å². The Morgan fingerprint density at radius 2 is 2.16 bits per heavy atom. The van der Waals surface area contributed by atoms with Gasteiger partial charge >= 0.3 is 5.69 Å². The first-order valence-electron chi connectivity index (χ1n) is 5.32. The molecule has 2 rings (SSSR count). The molecule has 0 radical (unpaired) electrons. The zero-order chi connectivity index (χ0) is 14.0. The van der Waals surface area contributed by atoms with Crippen molar-refractivity contribution < 1.29 is 9.66 Å². The minimum atomic E-state index is -0.522. The summed E-state index contributed by atoms with van der Waals surface area (Å²) >= 11 is 3.18. The summed E-state index contributed by atoms with van der Waals surface area (Å²) in [5.41, 5.74) is 6.82. The second-order valence-corrected chi connectivity index (χ2v) is 4.73. The Hall–Kier alpha value is -2.15. The van der Waals surface area contributed by atoms with E-state index in [0.29, 0.717) is 10.2 Å². The Morgan fingerprint density at radius 1 is 1.42 bits per heavy atom. The van der Waals surface area contributed by atoms with Crippen LogP contribution in [0, 0.1) is 17.0 Å². The number of aromatic nitrogens is 1. The van der Waals surface area contributed by atoms with Crippen molar-refractivity contribution in [2.45, 2.75) is 6.92 Å². The van der Waals surface area contributed by atoms with Crippen molar-refractivity contribution in [3.8, 4) is 11.6 Å². The number of aryl methyl sites for hydroxylation is 1. The van der Waals surface area contributed by atoms with E-state index < -0.39 is 4.92 Å². The van der Waals surface area contributed by atoms with Crippen LogP contribution in [0.15, 0.2) is 34.9 Å². The largest absolute Gasteiger partial charge is 0.430 e. The van der Waals surface area contributed by atoms with Crippen LogP contribution < -0.4 is 10.5 Å². The molecule has 0 aliphatic carbocycles. The normalized spacial score (nSPS) is 10.2. The average molecular weight is 324 g/mol. The number of anilines is 1. The predicted octanol–water partition coefficient (Wildman–Crippen LogP) is 3.44. The third-order valence-corrected chi connectivity index (χ3v) is 2.99. The maximum atomic E-state index is 11.0. The van der Waals surface area contributed by atoms with E-state index in [4.69, 9.17) is 10.5 Å². The minimum Gasteiger partial charge on any atom is -0.430 e. The molecule has 0 unspecified atom stereocenters. The predicted molar refractivity (Wildman–Crippen MR) is 74.3 cm³/mol. The number of rotatable bonds is 3. The summed E-state index contributed by atoms with van der Waals surface area (Å²) in [5.74, 6) is 0.253. The minimum absolute atomic E-state index is 0.0954. The molecule has 0 bridgehead atoms. The molecule has 1 heterocycles. The van der Waals surface area contributed by atoms with Gasteiger partial charge in [0.1, 0.15) is 0 Å². The second kappa shape index (κ2) is 5.23. The van der Waals surface area contributed by atoms with Gasteiger partial charge < -0.3 is 10.5 Å². The first-order chi connectivity index (χ1) is 8.99. The first-order valence-corrected chi connectivity index (χ1v) is 6.11. The fourth-order valence-electron chi connectivity index (χ4n) is 1.45. The molecule has 0 aliphatic rings. The summed E-state index contributed by atoms with van der Waals surface area (Å²) in [6.07, 6.45) is 1.53. The molecule has 2 aromatic rings. The Morgan fingerprint density at radius 3 is 2.84 bits per heavy atom. The van der Waals surface area contributed by atoms with Gasteiger partial charge in [-0.25, -0.2) is 4.98 Å². The van der Waals surface area contributed by atoms with E-state index in [1.165, 1.54) is 18.3 Å². The smallest absolute Gasteiger partial charge is 0.312 e. The molecule has 1 aromatic heterocycles. The molecule has 2 N–H and O–H groups in total. The number of benzene rings is 1. The maximum absolute atomic E-state index is 11.0. The zero-order valence-corrected chi connectivity index (χ0v) is 11.5. The van der Waals surface area contributed by atoms with E-state index in [2.05, 4.69) is 20.9 Å². The van der Waals surface area contributed by atoms with Crippen molar-refractivity contribution in [3.63, 3.8) is 0 Å². The van der Waals surface area contributed by atoms with Crippen LogP contribution in [-0.2, 0) is 0 Å². The standard InChI is InChI=1S/C12H10BrN3O3/c1-7-4-5-15-12(11(7)14)19-10-3-2-8(13)6-9(10)16(17)18/h2-6H,14H2,1H3. The summed E-state index contributed by atoms with van der Waals surface area (Å²) in [7, 11) is 0. The third-order valence-electron chi connectivity index (χ3n) is 2.50. The highest BCUT2D eigenvalue weighted by atomic mass is 79.9. The van der Waals surface area contributed by atoms with Crippen molar-refractivity contribution in [3.05, 3.63) is 50.6 Å². The lowest BCUT2D eigenvalue weighted by Gasteiger charge is -2.09. The van der Waals surface area contributed by atoms with Gasteiger partial charge in [0.2, 0.25) is 11.6 Å². The van der Waals surface area contributed by atoms with Gasteiger partial charge in [0.15, 0.2) is 0 Å². The lowest BCUT2D eigenvalue weighted by atomic mass is 10.2. The van der Waals surface area contributed by atoms with E-state index >= 15 is 0 Å². The zero-order valence-electron chi connectivity index (χ0n) is 9.96. The Bertz CT molecular complexity index is 646. The monoisotopic (exact) mass is 323 g/mol. The number of ether oxygens (including phenoxy) is 1. The molecular formula is C12H10BrN3O3. The number of nitrogens with two attached hydrogens (primary N) is 1. The highest BCUT2D eigenvalue weighted by Crippen LogP contribution is 2.35. The topological polar surface area (TPSA) is 91.3 Å².